The maximum absolute atomic E-state index is 14.3. The quantitative estimate of drug-likeness (QED) is 0.826. The summed E-state index contributed by atoms with van der Waals surface area (Å²) in [6, 6.07) is 1.76. The maximum atomic E-state index is 14.3. The Morgan fingerprint density at radius 1 is 1.45 bits per heavy atom. The van der Waals surface area contributed by atoms with Gasteiger partial charge in [-0.2, -0.15) is 0 Å². The van der Waals surface area contributed by atoms with E-state index in [-0.39, 0.29) is 11.7 Å². The lowest BCUT2D eigenvalue weighted by Gasteiger charge is -2.07. The number of fused-ring (bicyclic) bond motifs is 1. The van der Waals surface area contributed by atoms with Gasteiger partial charge in [-0.15, -0.1) is 0 Å². The molecule has 110 valence electrons. The normalized spacial score (nSPS) is 11.7. The largest absolute Gasteiger partial charge is 0.440 e. The second-order valence-corrected chi connectivity index (χ2v) is 5.20. The Bertz CT molecular complexity index is 593. The molecule has 0 spiro atoms. The number of aryl methyl sites for hydroxylation is 1. The summed E-state index contributed by atoms with van der Waals surface area (Å²) in [5.41, 5.74) is 2.39. The second kappa shape index (κ2) is 6.33. The first-order valence-corrected chi connectivity index (χ1v) is 6.82. The third-order valence-electron chi connectivity index (χ3n) is 3.22. The van der Waals surface area contributed by atoms with Crippen LogP contribution in [0.2, 0.25) is 0 Å². The predicted molar refractivity (Wildman–Crippen MR) is 76.4 cm³/mol. The molecular formula is C15H21FN2O2. The molecule has 2 aromatic rings. The third kappa shape index (κ3) is 2.99. The summed E-state index contributed by atoms with van der Waals surface area (Å²) < 4.78 is 24.9. The molecule has 1 heterocycles. The van der Waals surface area contributed by atoms with E-state index in [0.29, 0.717) is 42.3 Å². The highest BCUT2D eigenvalue weighted by atomic mass is 19.1. The number of nitrogens with zero attached hydrogens (tertiary/aromatic N) is 1. The Morgan fingerprint density at radius 3 is 2.85 bits per heavy atom. The van der Waals surface area contributed by atoms with Crippen LogP contribution < -0.4 is 5.32 Å². The minimum absolute atomic E-state index is 0.188. The lowest BCUT2D eigenvalue weighted by Crippen LogP contribution is -2.19. The summed E-state index contributed by atoms with van der Waals surface area (Å²) in [4.78, 5) is 4.43. The van der Waals surface area contributed by atoms with Crippen LogP contribution in [0.4, 0.5) is 4.39 Å². The first kappa shape index (κ1) is 14.9. The zero-order chi connectivity index (χ0) is 14.7. The smallest absolute Gasteiger partial charge is 0.198 e. The van der Waals surface area contributed by atoms with Gasteiger partial charge in [-0.05, 0) is 13.0 Å². The Hall–Kier alpha value is -1.46. The number of hydrogen-bond acceptors (Lipinski definition) is 4. The molecule has 0 atom stereocenters. The first-order chi connectivity index (χ1) is 9.54. The van der Waals surface area contributed by atoms with Gasteiger partial charge in [0.25, 0.3) is 0 Å². The standard InChI is InChI=1S/C15H21FN2O2/c1-9(2)15-18-12-7-11(8-17-5-6-19-4)13(16)10(3)14(12)20-15/h7,9,17H,5-6,8H2,1-4H3. The summed E-state index contributed by atoms with van der Waals surface area (Å²) >= 11 is 0. The van der Waals surface area contributed by atoms with Crippen molar-refractivity contribution in [2.45, 2.75) is 33.2 Å². The van der Waals surface area contributed by atoms with Crippen LogP contribution >= 0.6 is 0 Å². The van der Waals surface area contributed by atoms with E-state index < -0.39 is 0 Å². The van der Waals surface area contributed by atoms with Gasteiger partial charge >= 0.3 is 0 Å². The van der Waals surface area contributed by atoms with Crippen LogP contribution in [0.15, 0.2) is 10.5 Å². The van der Waals surface area contributed by atoms with Crippen LogP contribution in [-0.2, 0) is 11.3 Å². The monoisotopic (exact) mass is 280 g/mol. The van der Waals surface area contributed by atoms with E-state index in [1.54, 1.807) is 20.1 Å². The van der Waals surface area contributed by atoms with E-state index in [1.807, 2.05) is 13.8 Å². The number of oxazole rings is 1. The summed E-state index contributed by atoms with van der Waals surface area (Å²) in [5.74, 6) is 0.606. The highest BCUT2D eigenvalue weighted by Crippen LogP contribution is 2.27. The van der Waals surface area contributed by atoms with Crippen molar-refractivity contribution in [2.75, 3.05) is 20.3 Å². The average molecular weight is 280 g/mol. The molecule has 0 fully saturated rings. The minimum atomic E-state index is -0.228. The highest BCUT2D eigenvalue weighted by Gasteiger charge is 2.16. The summed E-state index contributed by atoms with van der Waals surface area (Å²) in [5, 5.41) is 3.14. The Kier molecular flexibility index (Phi) is 4.73. The van der Waals surface area contributed by atoms with E-state index in [2.05, 4.69) is 10.3 Å². The van der Waals surface area contributed by atoms with Crippen molar-refractivity contribution in [1.29, 1.82) is 0 Å². The van der Waals surface area contributed by atoms with Gasteiger partial charge in [0.15, 0.2) is 11.5 Å². The van der Waals surface area contributed by atoms with Crippen LogP contribution in [0.3, 0.4) is 0 Å². The van der Waals surface area contributed by atoms with E-state index in [4.69, 9.17) is 9.15 Å². The molecule has 1 aromatic carbocycles. The fourth-order valence-electron chi connectivity index (χ4n) is 2.06. The summed E-state index contributed by atoms with van der Waals surface area (Å²) in [7, 11) is 1.64. The van der Waals surface area contributed by atoms with E-state index in [1.165, 1.54) is 0 Å². The topological polar surface area (TPSA) is 47.3 Å². The van der Waals surface area contributed by atoms with E-state index >= 15 is 0 Å². The van der Waals surface area contributed by atoms with Gasteiger partial charge in [0.2, 0.25) is 0 Å². The number of rotatable bonds is 6. The van der Waals surface area contributed by atoms with Gasteiger partial charge < -0.3 is 14.5 Å². The number of aromatic nitrogens is 1. The molecule has 0 aliphatic carbocycles. The van der Waals surface area contributed by atoms with Crippen molar-refractivity contribution in [3.8, 4) is 0 Å². The zero-order valence-electron chi connectivity index (χ0n) is 12.4. The number of ether oxygens (including phenoxy) is 1. The van der Waals surface area contributed by atoms with Crippen molar-refractivity contribution < 1.29 is 13.5 Å². The molecule has 5 heteroatoms. The molecule has 0 saturated carbocycles. The number of halogens is 1. The lowest BCUT2D eigenvalue weighted by molar-refractivity contribution is 0.199. The maximum Gasteiger partial charge on any atom is 0.198 e. The number of methoxy groups -OCH3 is 1. The molecule has 4 nitrogen and oxygen atoms in total. The van der Waals surface area contributed by atoms with E-state index in [9.17, 15) is 4.39 Å². The van der Waals surface area contributed by atoms with E-state index in [0.717, 1.165) is 5.52 Å². The van der Waals surface area contributed by atoms with Crippen LogP contribution in [0.1, 0.15) is 36.8 Å². The Labute approximate surface area is 118 Å². The number of nitrogens with one attached hydrogen (secondary N) is 1. The van der Waals surface area contributed by atoms with Crippen molar-refractivity contribution in [3.05, 3.63) is 28.9 Å². The fraction of sp³-hybridized carbons (Fsp3) is 0.533. The van der Waals surface area contributed by atoms with Gasteiger partial charge in [-0.1, -0.05) is 13.8 Å². The van der Waals surface area contributed by atoms with Gasteiger partial charge in [-0.25, -0.2) is 9.37 Å². The third-order valence-corrected chi connectivity index (χ3v) is 3.22. The summed E-state index contributed by atoms with van der Waals surface area (Å²) in [6.07, 6.45) is 0. The molecular weight excluding hydrogens is 259 g/mol. The molecule has 0 unspecified atom stereocenters. The molecule has 1 aromatic heterocycles. The fourth-order valence-corrected chi connectivity index (χ4v) is 2.06. The van der Waals surface area contributed by atoms with Gasteiger partial charge in [0, 0.05) is 37.2 Å². The van der Waals surface area contributed by atoms with Crippen LogP contribution in [0.25, 0.3) is 11.1 Å². The first-order valence-electron chi connectivity index (χ1n) is 6.82. The molecule has 20 heavy (non-hydrogen) atoms. The molecule has 0 saturated heterocycles. The lowest BCUT2D eigenvalue weighted by atomic mass is 10.1. The molecule has 1 N–H and O–H groups in total. The molecule has 0 bridgehead atoms. The molecule has 2 rings (SSSR count). The highest BCUT2D eigenvalue weighted by molar-refractivity contribution is 5.77. The van der Waals surface area contributed by atoms with Crippen molar-refractivity contribution in [2.24, 2.45) is 0 Å². The van der Waals surface area contributed by atoms with Gasteiger partial charge in [-0.3, -0.25) is 0 Å². The second-order valence-electron chi connectivity index (χ2n) is 5.20. The number of benzene rings is 1. The van der Waals surface area contributed by atoms with Crippen LogP contribution in [0, 0.1) is 12.7 Å². The number of hydrogen-bond donors (Lipinski definition) is 1. The van der Waals surface area contributed by atoms with Gasteiger partial charge in [0.1, 0.15) is 11.3 Å². The molecule has 0 aliphatic rings. The average Bonchev–Trinajstić information content (AvgIpc) is 2.84. The molecule has 0 amide bonds. The van der Waals surface area contributed by atoms with Crippen LogP contribution in [0.5, 0.6) is 0 Å². The SMILES string of the molecule is COCCNCc1cc2nc(C(C)C)oc2c(C)c1F. The Morgan fingerprint density at radius 2 is 2.20 bits per heavy atom. The Balaban J connectivity index is 2.29. The molecule has 0 radical (unpaired) electrons. The molecule has 0 aliphatic heterocycles. The van der Waals surface area contributed by atoms with Crippen molar-refractivity contribution >= 4 is 11.1 Å². The predicted octanol–water partition coefficient (Wildman–Crippen LogP) is 3.13. The minimum Gasteiger partial charge on any atom is -0.440 e. The van der Waals surface area contributed by atoms with Crippen molar-refractivity contribution in [1.82, 2.24) is 10.3 Å². The van der Waals surface area contributed by atoms with Gasteiger partial charge in [0.05, 0.1) is 6.61 Å². The van der Waals surface area contributed by atoms with Crippen molar-refractivity contribution in [3.63, 3.8) is 0 Å². The zero-order valence-corrected chi connectivity index (χ0v) is 12.4. The summed E-state index contributed by atoms with van der Waals surface area (Å²) in [6.45, 7) is 7.47. The van der Waals surface area contributed by atoms with Crippen LogP contribution in [-0.4, -0.2) is 25.2 Å².